The molecular formula is C29H28F4O. The van der Waals surface area contributed by atoms with Crippen molar-refractivity contribution in [2.75, 3.05) is 6.61 Å². The highest BCUT2D eigenvalue weighted by atomic mass is 19.2. The van der Waals surface area contributed by atoms with Crippen molar-refractivity contribution in [1.82, 2.24) is 0 Å². The van der Waals surface area contributed by atoms with E-state index in [1.54, 1.807) is 49.4 Å². The van der Waals surface area contributed by atoms with E-state index in [1.807, 2.05) is 0 Å². The van der Waals surface area contributed by atoms with Gasteiger partial charge in [-0.25, -0.2) is 13.2 Å². The Balaban J connectivity index is 1.51. The highest BCUT2D eigenvalue weighted by Crippen LogP contribution is 2.37. The first-order chi connectivity index (χ1) is 16.4. The van der Waals surface area contributed by atoms with Crippen molar-refractivity contribution in [1.29, 1.82) is 0 Å². The SMILES string of the molecule is CCOc1ccc(-c2ccc(/C=C/c3ccc(C4CCC(C)CC4)c(F)c3F)cc2)c(F)c1F. The zero-order valence-corrected chi connectivity index (χ0v) is 19.4. The highest BCUT2D eigenvalue weighted by Gasteiger charge is 2.24. The first kappa shape index (κ1) is 24.1. The molecule has 0 unspecified atom stereocenters. The van der Waals surface area contributed by atoms with Gasteiger partial charge in [0.1, 0.15) is 0 Å². The van der Waals surface area contributed by atoms with Crippen LogP contribution in [0.2, 0.25) is 0 Å². The fourth-order valence-electron chi connectivity index (χ4n) is 4.58. The number of ether oxygens (including phenoxy) is 1. The molecule has 34 heavy (non-hydrogen) atoms. The molecule has 1 aliphatic rings. The van der Waals surface area contributed by atoms with E-state index in [4.69, 9.17) is 4.74 Å². The lowest BCUT2D eigenvalue weighted by molar-refractivity contribution is 0.314. The van der Waals surface area contributed by atoms with E-state index in [9.17, 15) is 17.6 Å². The summed E-state index contributed by atoms with van der Waals surface area (Å²) in [6.07, 6.45) is 7.04. The van der Waals surface area contributed by atoms with Gasteiger partial charge >= 0.3 is 0 Å². The van der Waals surface area contributed by atoms with E-state index in [-0.39, 0.29) is 29.4 Å². The van der Waals surface area contributed by atoms with Gasteiger partial charge in [-0.15, -0.1) is 0 Å². The lowest BCUT2D eigenvalue weighted by Crippen LogP contribution is -2.13. The molecule has 5 heteroatoms. The van der Waals surface area contributed by atoms with E-state index >= 15 is 0 Å². The number of hydrogen-bond acceptors (Lipinski definition) is 1. The van der Waals surface area contributed by atoms with Crippen LogP contribution in [0.3, 0.4) is 0 Å². The molecule has 4 rings (SSSR count). The summed E-state index contributed by atoms with van der Waals surface area (Å²) in [5, 5.41) is 0. The van der Waals surface area contributed by atoms with Crippen molar-refractivity contribution < 1.29 is 22.3 Å². The van der Waals surface area contributed by atoms with E-state index in [0.717, 1.165) is 31.2 Å². The maximum Gasteiger partial charge on any atom is 0.201 e. The molecule has 0 aliphatic heterocycles. The van der Waals surface area contributed by atoms with Crippen molar-refractivity contribution >= 4 is 12.2 Å². The molecule has 0 saturated heterocycles. The molecule has 0 heterocycles. The lowest BCUT2D eigenvalue weighted by Gasteiger charge is -2.27. The molecule has 1 saturated carbocycles. The van der Waals surface area contributed by atoms with Gasteiger partial charge in [0.2, 0.25) is 5.82 Å². The predicted octanol–water partition coefficient (Wildman–Crippen LogP) is 8.77. The van der Waals surface area contributed by atoms with Crippen LogP contribution in [0.15, 0.2) is 48.5 Å². The molecule has 0 bridgehead atoms. The minimum Gasteiger partial charge on any atom is -0.491 e. The summed E-state index contributed by atoms with van der Waals surface area (Å²) < 4.78 is 63.2. The van der Waals surface area contributed by atoms with Gasteiger partial charge in [-0.1, -0.05) is 68.3 Å². The van der Waals surface area contributed by atoms with Crippen LogP contribution in [-0.4, -0.2) is 6.61 Å². The van der Waals surface area contributed by atoms with Crippen LogP contribution in [0.5, 0.6) is 5.75 Å². The molecule has 3 aromatic carbocycles. The van der Waals surface area contributed by atoms with Gasteiger partial charge in [0.25, 0.3) is 0 Å². The zero-order chi connectivity index (χ0) is 24.2. The van der Waals surface area contributed by atoms with Crippen LogP contribution in [0.1, 0.15) is 62.1 Å². The van der Waals surface area contributed by atoms with E-state index < -0.39 is 23.3 Å². The molecule has 3 aromatic rings. The normalized spacial score (nSPS) is 18.4. The quantitative estimate of drug-likeness (QED) is 0.259. The molecule has 0 N–H and O–H groups in total. The topological polar surface area (TPSA) is 9.23 Å². The maximum absolute atomic E-state index is 14.8. The third-order valence-corrected chi connectivity index (χ3v) is 6.62. The number of halogens is 4. The molecule has 0 aromatic heterocycles. The summed E-state index contributed by atoms with van der Waals surface area (Å²) in [4.78, 5) is 0. The Hall–Kier alpha value is -3.08. The van der Waals surface area contributed by atoms with E-state index in [0.29, 0.717) is 17.0 Å². The van der Waals surface area contributed by atoms with Gasteiger partial charge in [-0.2, -0.15) is 4.39 Å². The third kappa shape index (κ3) is 5.03. The number of hydrogen-bond donors (Lipinski definition) is 0. The Kier molecular flexibility index (Phi) is 7.40. The summed E-state index contributed by atoms with van der Waals surface area (Å²) in [6, 6.07) is 12.9. The standard InChI is InChI=1S/C29H28F4O/c1-3-34-25-17-16-24(28(32)29(25)33)21-11-6-19(7-12-21)8-13-22-14-15-23(27(31)26(22)30)20-9-4-18(2)5-10-20/h6-8,11-18,20H,3-5,9-10H2,1-2H3/b13-8+. The average Bonchev–Trinajstić information content (AvgIpc) is 2.84. The van der Waals surface area contributed by atoms with Gasteiger partial charge in [0, 0.05) is 11.1 Å². The van der Waals surface area contributed by atoms with Gasteiger partial charge < -0.3 is 4.74 Å². The lowest BCUT2D eigenvalue weighted by atomic mass is 9.79. The maximum atomic E-state index is 14.8. The third-order valence-electron chi connectivity index (χ3n) is 6.62. The summed E-state index contributed by atoms with van der Waals surface area (Å²) >= 11 is 0. The summed E-state index contributed by atoms with van der Waals surface area (Å²) in [5.41, 5.74) is 1.99. The molecule has 1 aliphatic carbocycles. The molecule has 0 radical (unpaired) electrons. The van der Waals surface area contributed by atoms with Crippen molar-refractivity contribution in [2.45, 2.75) is 45.4 Å². The van der Waals surface area contributed by atoms with Crippen LogP contribution in [0, 0.1) is 29.2 Å². The number of benzene rings is 3. The Morgan fingerprint density at radius 3 is 2.15 bits per heavy atom. The van der Waals surface area contributed by atoms with Gasteiger partial charge in [-0.05, 0) is 60.4 Å². The average molecular weight is 469 g/mol. The Bertz CT molecular complexity index is 1180. The predicted molar refractivity (Wildman–Crippen MR) is 129 cm³/mol. The zero-order valence-electron chi connectivity index (χ0n) is 19.4. The van der Waals surface area contributed by atoms with Crippen LogP contribution in [-0.2, 0) is 0 Å². The van der Waals surface area contributed by atoms with Gasteiger partial charge in [-0.3, -0.25) is 0 Å². The fourth-order valence-corrected chi connectivity index (χ4v) is 4.58. The minimum absolute atomic E-state index is 0.0732. The highest BCUT2D eigenvalue weighted by molar-refractivity contribution is 5.73. The van der Waals surface area contributed by atoms with Crippen molar-refractivity contribution in [3.8, 4) is 16.9 Å². The monoisotopic (exact) mass is 468 g/mol. The molecule has 1 nitrogen and oxygen atoms in total. The van der Waals surface area contributed by atoms with Crippen molar-refractivity contribution in [2.24, 2.45) is 5.92 Å². The second-order valence-corrected chi connectivity index (χ2v) is 8.96. The Morgan fingerprint density at radius 1 is 0.765 bits per heavy atom. The van der Waals surface area contributed by atoms with E-state index in [2.05, 4.69) is 6.92 Å². The molecule has 0 atom stereocenters. The molecule has 0 spiro atoms. The van der Waals surface area contributed by atoms with Crippen LogP contribution in [0.25, 0.3) is 23.3 Å². The first-order valence-corrected chi connectivity index (χ1v) is 11.8. The summed E-state index contributed by atoms with van der Waals surface area (Å²) in [6.45, 7) is 4.13. The Morgan fingerprint density at radius 2 is 1.47 bits per heavy atom. The largest absolute Gasteiger partial charge is 0.491 e. The van der Waals surface area contributed by atoms with Gasteiger partial charge in [0.05, 0.1) is 6.61 Å². The van der Waals surface area contributed by atoms with Crippen molar-refractivity contribution in [3.05, 3.63) is 88.5 Å². The summed E-state index contributed by atoms with van der Waals surface area (Å²) in [5.74, 6) is -3.00. The second-order valence-electron chi connectivity index (χ2n) is 8.96. The minimum atomic E-state index is -1.02. The second kappa shape index (κ2) is 10.5. The molecule has 0 amide bonds. The first-order valence-electron chi connectivity index (χ1n) is 11.8. The van der Waals surface area contributed by atoms with E-state index in [1.165, 1.54) is 18.2 Å². The van der Waals surface area contributed by atoms with Gasteiger partial charge in [0.15, 0.2) is 23.2 Å². The van der Waals surface area contributed by atoms with Crippen LogP contribution >= 0.6 is 0 Å². The Labute approximate surface area is 198 Å². The smallest absolute Gasteiger partial charge is 0.201 e. The molecule has 1 fully saturated rings. The number of rotatable bonds is 6. The van der Waals surface area contributed by atoms with Crippen molar-refractivity contribution in [3.63, 3.8) is 0 Å². The molecular weight excluding hydrogens is 440 g/mol. The van der Waals surface area contributed by atoms with Crippen LogP contribution < -0.4 is 4.74 Å². The summed E-state index contributed by atoms with van der Waals surface area (Å²) in [7, 11) is 0. The molecule has 178 valence electrons. The fraction of sp³-hybridized carbons (Fsp3) is 0.310. The van der Waals surface area contributed by atoms with Crippen LogP contribution in [0.4, 0.5) is 17.6 Å².